The second kappa shape index (κ2) is 14.0. The highest BCUT2D eigenvalue weighted by Crippen LogP contribution is 2.01. The first-order valence-electron chi connectivity index (χ1n) is 9.59. The maximum atomic E-state index is 11.1. The number of carboxylic acid groups (broad SMARTS) is 2. The Labute approximate surface area is 185 Å². The molecule has 0 bridgehead atoms. The molecule has 2 aromatic carbocycles. The molecule has 0 aliphatic carbocycles. The molecule has 10 nitrogen and oxygen atoms in total. The number of hydrogen-bond donors (Lipinski definition) is 4. The summed E-state index contributed by atoms with van der Waals surface area (Å²) >= 11 is 0. The minimum atomic E-state index is -1.10. The second-order valence-electron chi connectivity index (χ2n) is 6.53. The Morgan fingerprint density at radius 1 is 0.688 bits per heavy atom. The summed E-state index contributed by atoms with van der Waals surface area (Å²) in [6, 6.07) is 16.4. The van der Waals surface area contributed by atoms with Gasteiger partial charge in [0.25, 0.3) is 0 Å². The van der Waals surface area contributed by atoms with E-state index in [0.29, 0.717) is 0 Å². The molecule has 0 aliphatic rings. The number of carboxylic acids is 2. The van der Waals surface area contributed by atoms with Crippen LogP contribution in [0.5, 0.6) is 0 Å². The van der Waals surface area contributed by atoms with E-state index in [1.165, 1.54) is 13.8 Å². The van der Waals surface area contributed by atoms with Crippen LogP contribution in [0.1, 0.15) is 25.0 Å². The number of amides is 2. The van der Waals surface area contributed by atoms with Gasteiger partial charge in [-0.2, -0.15) is 0 Å². The van der Waals surface area contributed by atoms with Crippen molar-refractivity contribution in [1.82, 2.24) is 10.6 Å². The van der Waals surface area contributed by atoms with Gasteiger partial charge in [0, 0.05) is 0 Å². The molecule has 0 saturated carbocycles. The van der Waals surface area contributed by atoms with Crippen LogP contribution < -0.4 is 10.6 Å². The van der Waals surface area contributed by atoms with Crippen LogP contribution in [0, 0.1) is 0 Å². The molecular formula is C22H26N2O8. The smallest absolute Gasteiger partial charge is 0.408 e. The number of rotatable bonds is 8. The quantitative estimate of drug-likeness (QED) is 0.483. The molecule has 4 N–H and O–H groups in total. The number of aliphatic carboxylic acids is 2. The number of carbonyl (C=O) groups is 4. The van der Waals surface area contributed by atoms with Crippen molar-refractivity contribution in [2.24, 2.45) is 0 Å². The average molecular weight is 446 g/mol. The molecule has 0 unspecified atom stereocenters. The van der Waals surface area contributed by atoms with Gasteiger partial charge in [-0.25, -0.2) is 9.59 Å². The van der Waals surface area contributed by atoms with E-state index in [0.717, 1.165) is 11.1 Å². The zero-order valence-corrected chi connectivity index (χ0v) is 17.7. The molecule has 10 heteroatoms. The van der Waals surface area contributed by atoms with Crippen molar-refractivity contribution in [3.8, 4) is 0 Å². The topological polar surface area (TPSA) is 151 Å². The molecule has 0 saturated heterocycles. The van der Waals surface area contributed by atoms with Crippen molar-refractivity contribution in [2.75, 3.05) is 0 Å². The predicted molar refractivity (Wildman–Crippen MR) is 114 cm³/mol. The van der Waals surface area contributed by atoms with Gasteiger partial charge in [0.2, 0.25) is 0 Å². The maximum absolute atomic E-state index is 11.1. The van der Waals surface area contributed by atoms with Crippen molar-refractivity contribution < 1.29 is 38.9 Å². The monoisotopic (exact) mass is 446 g/mol. The first-order chi connectivity index (χ1) is 15.2. The summed E-state index contributed by atoms with van der Waals surface area (Å²) in [5.74, 6) is -2.20. The van der Waals surface area contributed by atoms with Crippen LogP contribution in [0.3, 0.4) is 0 Å². The van der Waals surface area contributed by atoms with Crippen LogP contribution in [-0.2, 0) is 32.3 Å². The van der Waals surface area contributed by atoms with E-state index >= 15 is 0 Å². The zero-order valence-electron chi connectivity index (χ0n) is 17.7. The molecule has 2 aromatic rings. The van der Waals surface area contributed by atoms with Gasteiger partial charge in [-0.3, -0.25) is 9.59 Å². The third kappa shape index (κ3) is 11.2. The van der Waals surface area contributed by atoms with E-state index in [9.17, 15) is 19.2 Å². The van der Waals surface area contributed by atoms with Gasteiger partial charge in [0.1, 0.15) is 25.3 Å². The molecule has 2 amide bonds. The SMILES string of the molecule is C[C@@H](NC(=O)OCc1ccccc1)C(=O)O.C[C@@H](NC(=O)OCc1ccccc1)C(=O)O. The summed E-state index contributed by atoms with van der Waals surface area (Å²) in [6.07, 6.45) is -1.47. The van der Waals surface area contributed by atoms with Crippen LogP contribution in [0.4, 0.5) is 9.59 Å². The first-order valence-corrected chi connectivity index (χ1v) is 9.59. The van der Waals surface area contributed by atoms with E-state index in [-0.39, 0.29) is 13.2 Å². The van der Waals surface area contributed by atoms with Crippen LogP contribution in [0.25, 0.3) is 0 Å². The number of ether oxygens (including phenoxy) is 2. The molecule has 0 heterocycles. The Morgan fingerprint density at radius 2 is 1.00 bits per heavy atom. The highest BCUT2D eigenvalue weighted by atomic mass is 16.6. The molecule has 0 fully saturated rings. The van der Waals surface area contributed by atoms with Crippen molar-refractivity contribution in [1.29, 1.82) is 0 Å². The molecular weight excluding hydrogens is 420 g/mol. The van der Waals surface area contributed by atoms with E-state index < -0.39 is 36.2 Å². The van der Waals surface area contributed by atoms with Gasteiger partial charge in [0.05, 0.1) is 0 Å². The molecule has 2 rings (SSSR count). The predicted octanol–water partition coefficient (Wildman–Crippen LogP) is 2.77. The summed E-state index contributed by atoms with van der Waals surface area (Å²) in [5, 5.41) is 21.5. The Balaban J connectivity index is 0.000000320. The lowest BCUT2D eigenvalue weighted by molar-refractivity contribution is -0.139. The number of hydrogen-bond acceptors (Lipinski definition) is 6. The second-order valence-corrected chi connectivity index (χ2v) is 6.53. The van der Waals surface area contributed by atoms with Gasteiger partial charge < -0.3 is 30.3 Å². The lowest BCUT2D eigenvalue weighted by Gasteiger charge is -2.09. The Morgan fingerprint density at radius 3 is 1.28 bits per heavy atom. The van der Waals surface area contributed by atoms with Gasteiger partial charge in [-0.05, 0) is 25.0 Å². The molecule has 172 valence electrons. The summed E-state index contributed by atoms with van der Waals surface area (Å²) in [5.41, 5.74) is 1.70. The molecule has 32 heavy (non-hydrogen) atoms. The molecule has 2 atom stereocenters. The van der Waals surface area contributed by atoms with E-state index in [4.69, 9.17) is 19.7 Å². The normalized spacial score (nSPS) is 11.6. The highest BCUT2D eigenvalue weighted by Gasteiger charge is 2.15. The lowest BCUT2D eigenvalue weighted by atomic mass is 10.2. The van der Waals surface area contributed by atoms with E-state index in [1.807, 2.05) is 60.7 Å². The zero-order chi connectivity index (χ0) is 23.9. The van der Waals surface area contributed by atoms with Gasteiger partial charge in [0.15, 0.2) is 0 Å². The van der Waals surface area contributed by atoms with E-state index in [1.54, 1.807) is 0 Å². The molecule has 0 spiro atoms. The minimum absolute atomic E-state index is 0.124. The largest absolute Gasteiger partial charge is 0.480 e. The number of carbonyl (C=O) groups excluding carboxylic acids is 2. The Bertz CT molecular complexity index is 801. The summed E-state index contributed by atoms with van der Waals surface area (Å²) < 4.78 is 9.67. The fraction of sp³-hybridized carbons (Fsp3) is 0.273. The van der Waals surface area contributed by atoms with Crippen molar-refractivity contribution >= 4 is 24.1 Å². The third-order valence-corrected chi connectivity index (χ3v) is 3.84. The van der Waals surface area contributed by atoms with Crippen LogP contribution in [-0.4, -0.2) is 46.4 Å². The highest BCUT2D eigenvalue weighted by molar-refractivity contribution is 5.79. The number of nitrogens with one attached hydrogen (secondary N) is 2. The molecule has 0 aliphatic heterocycles. The maximum Gasteiger partial charge on any atom is 0.408 e. The summed E-state index contributed by atoms with van der Waals surface area (Å²) in [6.45, 7) is 2.98. The van der Waals surface area contributed by atoms with E-state index in [2.05, 4.69) is 10.6 Å². The Kier molecular flexibility index (Phi) is 11.4. The summed E-state index contributed by atoms with van der Waals surface area (Å²) in [4.78, 5) is 43.1. The van der Waals surface area contributed by atoms with Crippen molar-refractivity contribution in [2.45, 2.75) is 39.1 Å². The van der Waals surface area contributed by atoms with Gasteiger partial charge in [-0.1, -0.05) is 60.7 Å². The lowest BCUT2D eigenvalue weighted by Crippen LogP contribution is -2.38. The molecule has 0 radical (unpaired) electrons. The number of benzene rings is 2. The van der Waals surface area contributed by atoms with Gasteiger partial charge in [-0.15, -0.1) is 0 Å². The first kappa shape index (κ1) is 26.0. The Hall–Kier alpha value is -4.08. The standard InChI is InChI=1S/2C11H13NO4/c2*1-8(10(13)14)12-11(15)16-7-9-5-3-2-4-6-9/h2*2-6,8H,7H2,1H3,(H,12,15)(H,13,14)/t2*8-/m11/s1. The minimum Gasteiger partial charge on any atom is -0.480 e. The average Bonchev–Trinajstić information content (AvgIpc) is 2.78. The number of alkyl carbamates (subject to hydrolysis) is 2. The third-order valence-electron chi connectivity index (χ3n) is 3.84. The van der Waals surface area contributed by atoms with Crippen LogP contribution in [0.2, 0.25) is 0 Å². The van der Waals surface area contributed by atoms with Crippen molar-refractivity contribution in [3.05, 3.63) is 71.8 Å². The van der Waals surface area contributed by atoms with Crippen molar-refractivity contribution in [3.63, 3.8) is 0 Å². The fourth-order valence-corrected chi connectivity index (χ4v) is 2.01. The molecule has 0 aromatic heterocycles. The van der Waals surface area contributed by atoms with Gasteiger partial charge >= 0.3 is 24.1 Å². The van der Waals surface area contributed by atoms with Crippen LogP contribution >= 0.6 is 0 Å². The van der Waals surface area contributed by atoms with Crippen LogP contribution in [0.15, 0.2) is 60.7 Å². The fourth-order valence-electron chi connectivity index (χ4n) is 2.01. The summed E-state index contributed by atoms with van der Waals surface area (Å²) in [7, 11) is 0.